The van der Waals surface area contributed by atoms with Crippen LogP contribution >= 0.6 is 11.8 Å². The van der Waals surface area contributed by atoms with Crippen LogP contribution in [-0.2, 0) is 11.3 Å². The van der Waals surface area contributed by atoms with Crippen molar-refractivity contribution in [3.8, 4) is 11.3 Å². The van der Waals surface area contributed by atoms with Crippen molar-refractivity contribution in [2.45, 2.75) is 19.4 Å². The van der Waals surface area contributed by atoms with E-state index in [1.807, 2.05) is 30.3 Å². The average Bonchev–Trinajstić information content (AvgIpc) is 3.28. The van der Waals surface area contributed by atoms with Crippen molar-refractivity contribution < 1.29 is 14.0 Å². The molecule has 2 aliphatic heterocycles. The van der Waals surface area contributed by atoms with E-state index in [1.165, 1.54) is 12.1 Å². The second-order valence-corrected chi connectivity index (χ2v) is 10.7. The lowest BCUT2D eigenvalue weighted by Gasteiger charge is -2.32. The molecule has 0 unspecified atom stereocenters. The van der Waals surface area contributed by atoms with Crippen LogP contribution in [0.4, 0.5) is 15.1 Å². The molecule has 0 saturated carbocycles. The second kappa shape index (κ2) is 11.5. The van der Waals surface area contributed by atoms with Gasteiger partial charge in [-0.25, -0.2) is 14.4 Å². The molecule has 0 radical (unpaired) electrons. The van der Waals surface area contributed by atoms with Gasteiger partial charge in [0.05, 0.1) is 27.5 Å². The summed E-state index contributed by atoms with van der Waals surface area (Å²) in [6, 6.07) is 14.3. The quantitative estimate of drug-likeness (QED) is 0.317. The Morgan fingerprint density at radius 3 is 2.70 bits per heavy atom. The van der Waals surface area contributed by atoms with Gasteiger partial charge < -0.3 is 10.2 Å². The molecule has 2 N–H and O–H groups in total. The highest BCUT2D eigenvalue weighted by Crippen LogP contribution is 2.28. The summed E-state index contributed by atoms with van der Waals surface area (Å²) in [6.07, 6.45) is 6.91. The van der Waals surface area contributed by atoms with Crippen molar-refractivity contribution >= 4 is 45.8 Å². The molecule has 3 aromatic heterocycles. The van der Waals surface area contributed by atoms with Gasteiger partial charge in [-0.3, -0.25) is 24.9 Å². The minimum atomic E-state index is -0.404. The number of pyridine rings is 2. The first-order chi connectivity index (χ1) is 19.5. The van der Waals surface area contributed by atoms with E-state index in [0.717, 1.165) is 60.7 Å². The fraction of sp³-hybridized carbons (Fsp3) is 0.241. The molecule has 2 saturated heterocycles. The van der Waals surface area contributed by atoms with Crippen molar-refractivity contribution in [1.82, 2.24) is 30.6 Å². The summed E-state index contributed by atoms with van der Waals surface area (Å²) in [5.41, 5.74) is 3.55. The van der Waals surface area contributed by atoms with Gasteiger partial charge in [-0.2, -0.15) is 0 Å². The van der Waals surface area contributed by atoms with Crippen LogP contribution in [0.3, 0.4) is 0 Å². The molecule has 0 atom stereocenters. The number of anilines is 1. The number of rotatable bonds is 7. The lowest BCUT2D eigenvalue weighted by atomic mass is 9.97. The first-order valence-corrected chi connectivity index (χ1v) is 13.9. The maximum atomic E-state index is 14.5. The van der Waals surface area contributed by atoms with Crippen molar-refractivity contribution in [3.63, 3.8) is 0 Å². The molecule has 1 aromatic carbocycles. The van der Waals surface area contributed by atoms with Gasteiger partial charge in [-0.05, 0) is 67.4 Å². The number of carbonyl (C=O) groups is 2. The maximum Gasteiger partial charge on any atom is 0.290 e. The molecule has 11 heteroatoms. The molecule has 9 nitrogen and oxygen atoms in total. The molecular weight excluding hydrogens is 529 g/mol. The topological polar surface area (TPSA) is 113 Å². The monoisotopic (exact) mass is 555 g/mol. The molecule has 6 rings (SSSR count). The largest absolute Gasteiger partial charge is 0.341 e. The van der Waals surface area contributed by atoms with Crippen molar-refractivity contribution in [2.24, 2.45) is 5.92 Å². The van der Waals surface area contributed by atoms with Crippen molar-refractivity contribution in [3.05, 3.63) is 83.0 Å². The Morgan fingerprint density at radius 2 is 1.88 bits per heavy atom. The number of imide groups is 1. The number of thioether (sulfide) groups is 1. The van der Waals surface area contributed by atoms with E-state index in [4.69, 9.17) is 4.98 Å². The zero-order valence-electron chi connectivity index (χ0n) is 21.5. The fourth-order valence-corrected chi connectivity index (χ4v) is 5.66. The summed E-state index contributed by atoms with van der Waals surface area (Å²) in [7, 11) is 0. The number of piperidine rings is 1. The Hall–Kier alpha value is -4.22. The minimum Gasteiger partial charge on any atom is -0.341 e. The van der Waals surface area contributed by atoms with Gasteiger partial charge in [0.25, 0.3) is 11.1 Å². The predicted octanol–water partition coefficient (Wildman–Crippen LogP) is 4.56. The second-order valence-electron chi connectivity index (χ2n) is 9.73. The van der Waals surface area contributed by atoms with Crippen LogP contribution in [-0.4, -0.2) is 50.7 Å². The van der Waals surface area contributed by atoms with Crippen LogP contribution in [0.25, 0.3) is 28.2 Å². The summed E-state index contributed by atoms with van der Waals surface area (Å²) in [5, 5.41) is 6.27. The third-order valence-corrected chi connectivity index (χ3v) is 7.80. The number of fused-ring (bicyclic) bond motifs is 1. The molecule has 0 bridgehead atoms. The Kier molecular flexibility index (Phi) is 7.47. The van der Waals surface area contributed by atoms with E-state index in [0.29, 0.717) is 40.4 Å². The van der Waals surface area contributed by atoms with Gasteiger partial charge in [-0.1, -0.05) is 18.2 Å². The number of hydrogen-bond donors (Lipinski definition) is 2. The zero-order chi connectivity index (χ0) is 27.5. The van der Waals surface area contributed by atoms with Crippen LogP contribution in [0.2, 0.25) is 0 Å². The van der Waals surface area contributed by atoms with Crippen molar-refractivity contribution in [2.75, 3.05) is 24.5 Å². The first-order valence-electron chi connectivity index (χ1n) is 13.1. The van der Waals surface area contributed by atoms with Crippen LogP contribution in [0, 0.1) is 11.7 Å². The molecule has 2 fully saturated rings. The van der Waals surface area contributed by atoms with Crippen LogP contribution in [0.1, 0.15) is 24.2 Å². The molecule has 2 aliphatic rings. The van der Waals surface area contributed by atoms with E-state index in [2.05, 4.69) is 30.5 Å². The number of benzene rings is 1. The zero-order valence-corrected chi connectivity index (χ0v) is 22.3. The third-order valence-electron chi connectivity index (χ3n) is 6.99. The lowest BCUT2D eigenvalue weighted by molar-refractivity contribution is -0.115. The number of para-hydroxylation sites is 1. The molecule has 202 valence electrons. The molecular formula is C29H26FN7O2S. The number of carbonyl (C=O) groups excluding carboxylic acids is 2. The highest BCUT2D eigenvalue weighted by Gasteiger charge is 2.26. The summed E-state index contributed by atoms with van der Waals surface area (Å²) in [5.74, 6) is 0.352. The third kappa shape index (κ3) is 5.85. The van der Waals surface area contributed by atoms with E-state index in [1.54, 1.807) is 24.5 Å². The van der Waals surface area contributed by atoms with E-state index in [-0.39, 0.29) is 11.1 Å². The van der Waals surface area contributed by atoms with Crippen molar-refractivity contribution in [1.29, 1.82) is 0 Å². The molecule has 0 spiro atoms. The number of nitrogens with one attached hydrogen (secondary N) is 2. The lowest BCUT2D eigenvalue weighted by Crippen LogP contribution is -2.38. The number of nitrogens with zero attached hydrogens (tertiary/aromatic N) is 5. The highest BCUT2D eigenvalue weighted by molar-refractivity contribution is 8.18. The summed E-state index contributed by atoms with van der Waals surface area (Å²) in [6.45, 7) is 2.88. The van der Waals surface area contributed by atoms with Crippen LogP contribution in [0.5, 0.6) is 0 Å². The van der Waals surface area contributed by atoms with E-state index >= 15 is 0 Å². The Balaban J connectivity index is 1.04. The number of hydrogen-bond acceptors (Lipinski definition) is 9. The molecule has 4 aromatic rings. The summed E-state index contributed by atoms with van der Waals surface area (Å²) in [4.78, 5) is 43.8. The minimum absolute atomic E-state index is 0.312. The van der Waals surface area contributed by atoms with Gasteiger partial charge >= 0.3 is 0 Å². The van der Waals surface area contributed by atoms with Gasteiger partial charge in [0.2, 0.25) is 5.95 Å². The Bertz CT molecular complexity index is 1620. The van der Waals surface area contributed by atoms with Gasteiger partial charge in [-0.15, -0.1) is 0 Å². The van der Waals surface area contributed by atoms with E-state index < -0.39 is 5.91 Å². The molecule has 40 heavy (non-hydrogen) atoms. The standard InChI is InChI=1S/C29H26FN7O2S/c30-19-13-21(34-25(14-19)23-6-10-32-24-4-2-1-3-22(23)24)17-31-16-18-7-11-37(12-8-18)28-33-9-5-20(35-28)15-26-27(38)36-29(39)40-26/h1-6,9-10,13-15,18,31H,7-8,11-12,16-17H2,(H,36,38,39)/b26-15-. The Morgan fingerprint density at radius 1 is 1.05 bits per heavy atom. The van der Waals surface area contributed by atoms with Gasteiger partial charge in [0.1, 0.15) is 5.82 Å². The van der Waals surface area contributed by atoms with E-state index in [9.17, 15) is 14.0 Å². The maximum absolute atomic E-state index is 14.5. The highest BCUT2D eigenvalue weighted by atomic mass is 32.2. The van der Waals surface area contributed by atoms with Crippen LogP contribution < -0.4 is 15.5 Å². The normalized spacial score (nSPS) is 17.1. The predicted molar refractivity (Wildman–Crippen MR) is 153 cm³/mol. The summed E-state index contributed by atoms with van der Waals surface area (Å²) >= 11 is 0.870. The molecule has 0 aliphatic carbocycles. The first kappa shape index (κ1) is 26.0. The van der Waals surface area contributed by atoms with Gasteiger partial charge in [0.15, 0.2) is 0 Å². The molecule has 2 amide bonds. The van der Waals surface area contributed by atoms with Gasteiger partial charge in [0, 0.05) is 49.0 Å². The summed E-state index contributed by atoms with van der Waals surface area (Å²) < 4.78 is 14.5. The SMILES string of the molecule is O=C1NC(=O)/C(=C/c2ccnc(N3CCC(CNCc4cc(F)cc(-c5ccnc6ccccc56)n4)CC3)n2)S1. The number of aromatic nitrogens is 4. The van der Waals surface area contributed by atoms with Crippen LogP contribution in [0.15, 0.2) is 65.8 Å². The fourth-order valence-electron chi connectivity index (χ4n) is 4.99. The number of halogens is 1. The average molecular weight is 556 g/mol. The molecule has 5 heterocycles. The Labute approximate surface area is 234 Å². The number of amides is 2. The smallest absolute Gasteiger partial charge is 0.290 e.